The molecule has 0 aliphatic carbocycles. The van der Waals surface area contributed by atoms with Gasteiger partial charge in [-0.3, -0.25) is 4.79 Å². The van der Waals surface area contributed by atoms with Crippen LogP contribution in [-0.4, -0.2) is 36.5 Å². The summed E-state index contributed by atoms with van der Waals surface area (Å²) in [6.07, 6.45) is 3.11. The Hall–Kier alpha value is -0.520. The van der Waals surface area contributed by atoms with Crippen molar-refractivity contribution in [1.29, 1.82) is 0 Å². The minimum Gasteiger partial charge on any atom is -0.348 e. The maximum Gasteiger partial charge on any atom is 0.263 e. The highest BCUT2D eigenvalue weighted by Crippen LogP contribution is 2.41. The molecule has 24 heavy (non-hydrogen) atoms. The van der Waals surface area contributed by atoms with E-state index in [1.165, 1.54) is 11.3 Å². The van der Waals surface area contributed by atoms with Crippen molar-refractivity contribution in [2.45, 2.75) is 32.2 Å². The average Bonchev–Trinajstić information content (AvgIpc) is 2.86. The summed E-state index contributed by atoms with van der Waals surface area (Å²) in [5.41, 5.74) is 0. The molecule has 0 saturated carbocycles. The van der Waals surface area contributed by atoms with Crippen molar-refractivity contribution >= 4 is 62.1 Å². The second-order valence-corrected chi connectivity index (χ2v) is 8.37. The SMILES string of the molecule is CCCN1CCC(NC(=O)c2sc3cc(Cl)cc(Cl)c3c2Cl)CC1. The molecule has 1 aromatic carbocycles. The molecule has 3 nitrogen and oxygen atoms in total. The largest absolute Gasteiger partial charge is 0.348 e. The van der Waals surface area contributed by atoms with E-state index in [9.17, 15) is 4.79 Å². The molecular weight excluding hydrogens is 387 g/mol. The van der Waals surface area contributed by atoms with Crippen LogP contribution < -0.4 is 5.32 Å². The smallest absolute Gasteiger partial charge is 0.263 e. The zero-order chi connectivity index (χ0) is 17.3. The number of carbonyl (C=O) groups is 1. The highest BCUT2D eigenvalue weighted by atomic mass is 35.5. The van der Waals surface area contributed by atoms with E-state index < -0.39 is 0 Å². The number of piperidine rings is 1. The molecule has 0 spiro atoms. The molecular formula is C17H19Cl3N2OS. The van der Waals surface area contributed by atoms with Crippen LogP contribution >= 0.6 is 46.1 Å². The Labute approximate surface area is 160 Å². The Bertz CT molecular complexity index is 754. The molecule has 1 N–H and O–H groups in total. The molecule has 0 atom stereocenters. The summed E-state index contributed by atoms with van der Waals surface area (Å²) in [6, 6.07) is 3.64. The number of hydrogen-bond acceptors (Lipinski definition) is 3. The van der Waals surface area contributed by atoms with Gasteiger partial charge in [0.15, 0.2) is 0 Å². The van der Waals surface area contributed by atoms with Gasteiger partial charge in [-0.2, -0.15) is 0 Å². The fourth-order valence-corrected chi connectivity index (χ4v) is 5.41. The summed E-state index contributed by atoms with van der Waals surface area (Å²) in [6.45, 7) is 5.37. The number of benzene rings is 1. The lowest BCUT2D eigenvalue weighted by Crippen LogP contribution is -2.44. The molecule has 2 aromatic rings. The van der Waals surface area contributed by atoms with E-state index in [0.29, 0.717) is 25.3 Å². The van der Waals surface area contributed by atoms with E-state index >= 15 is 0 Å². The lowest BCUT2D eigenvalue weighted by Gasteiger charge is -2.32. The Morgan fingerprint density at radius 2 is 2.00 bits per heavy atom. The first-order chi connectivity index (χ1) is 11.5. The summed E-state index contributed by atoms with van der Waals surface area (Å²) >= 11 is 20.0. The first kappa shape index (κ1) is 18.3. The number of rotatable bonds is 4. The van der Waals surface area contributed by atoms with Crippen LogP contribution in [-0.2, 0) is 0 Å². The lowest BCUT2D eigenvalue weighted by atomic mass is 10.0. The maximum atomic E-state index is 12.6. The molecule has 0 bridgehead atoms. The molecule has 3 rings (SSSR count). The Morgan fingerprint density at radius 1 is 1.29 bits per heavy atom. The van der Waals surface area contributed by atoms with Crippen molar-refractivity contribution < 1.29 is 4.79 Å². The predicted octanol–water partition coefficient (Wildman–Crippen LogP) is 5.47. The summed E-state index contributed by atoms with van der Waals surface area (Å²) < 4.78 is 0.834. The van der Waals surface area contributed by atoms with E-state index in [1.807, 2.05) is 0 Å². The minimum absolute atomic E-state index is 0.123. The van der Waals surface area contributed by atoms with Crippen LogP contribution in [0.4, 0.5) is 0 Å². The molecule has 1 aliphatic rings. The van der Waals surface area contributed by atoms with Gasteiger partial charge in [-0.1, -0.05) is 41.7 Å². The predicted molar refractivity (Wildman–Crippen MR) is 104 cm³/mol. The molecule has 1 aromatic heterocycles. The molecule has 0 unspecified atom stereocenters. The van der Waals surface area contributed by atoms with Gasteiger partial charge < -0.3 is 10.2 Å². The topological polar surface area (TPSA) is 32.3 Å². The molecule has 130 valence electrons. The molecule has 1 saturated heterocycles. The molecule has 0 radical (unpaired) electrons. The summed E-state index contributed by atoms with van der Waals surface area (Å²) in [5.74, 6) is -0.123. The number of hydrogen-bond donors (Lipinski definition) is 1. The fraction of sp³-hybridized carbons (Fsp3) is 0.471. The number of fused-ring (bicyclic) bond motifs is 1. The summed E-state index contributed by atoms with van der Waals surface area (Å²) in [4.78, 5) is 15.6. The van der Waals surface area contributed by atoms with E-state index in [0.717, 1.165) is 43.6 Å². The first-order valence-electron chi connectivity index (χ1n) is 8.09. The second kappa shape index (κ2) is 7.79. The number of nitrogens with zero attached hydrogens (tertiary/aromatic N) is 1. The summed E-state index contributed by atoms with van der Waals surface area (Å²) in [7, 11) is 0. The number of likely N-dealkylation sites (tertiary alicyclic amines) is 1. The number of thiophene rings is 1. The third-order valence-electron chi connectivity index (χ3n) is 4.32. The van der Waals surface area contributed by atoms with Gasteiger partial charge in [-0.15, -0.1) is 11.3 Å². The quantitative estimate of drug-likeness (QED) is 0.732. The number of carbonyl (C=O) groups excluding carboxylic acids is 1. The van der Waals surface area contributed by atoms with Gasteiger partial charge in [-0.25, -0.2) is 0 Å². The van der Waals surface area contributed by atoms with Gasteiger partial charge >= 0.3 is 0 Å². The number of halogens is 3. The van der Waals surface area contributed by atoms with E-state index in [-0.39, 0.29) is 11.9 Å². The van der Waals surface area contributed by atoms with Crippen molar-refractivity contribution in [2.24, 2.45) is 0 Å². The van der Waals surface area contributed by atoms with Crippen molar-refractivity contribution in [3.8, 4) is 0 Å². The van der Waals surface area contributed by atoms with Crippen molar-refractivity contribution in [1.82, 2.24) is 10.2 Å². The zero-order valence-electron chi connectivity index (χ0n) is 13.4. The van der Waals surface area contributed by atoms with Crippen LogP contribution in [0.2, 0.25) is 15.1 Å². The van der Waals surface area contributed by atoms with Crippen molar-refractivity contribution in [3.63, 3.8) is 0 Å². The molecule has 1 fully saturated rings. The maximum absolute atomic E-state index is 12.6. The Kier molecular flexibility index (Phi) is 5.94. The van der Waals surface area contributed by atoms with Crippen LogP contribution in [0, 0.1) is 0 Å². The van der Waals surface area contributed by atoms with Crippen molar-refractivity contribution in [2.75, 3.05) is 19.6 Å². The highest BCUT2D eigenvalue weighted by Gasteiger charge is 2.24. The van der Waals surface area contributed by atoms with Crippen LogP contribution in [0.15, 0.2) is 12.1 Å². The van der Waals surface area contributed by atoms with E-state index in [2.05, 4.69) is 17.1 Å². The van der Waals surface area contributed by atoms with Gasteiger partial charge in [0, 0.05) is 34.2 Å². The minimum atomic E-state index is -0.123. The molecule has 2 heterocycles. The van der Waals surface area contributed by atoms with E-state index in [1.54, 1.807) is 12.1 Å². The number of nitrogens with one attached hydrogen (secondary N) is 1. The van der Waals surface area contributed by atoms with Gasteiger partial charge in [-0.05, 0) is 37.9 Å². The summed E-state index contributed by atoms with van der Waals surface area (Å²) in [5, 5.41) is 5.26. The van der Waals surface area contributed by atoms with Gasteiger partial charge in [0.25, 0.3) is 5.91 Å². The fourth-order valence-electron chi connectivity index (χ4n) is 3.13. The third-order valence-corrected chi connectivity index (χ3v) is 6.46. The van der Waals surface area contributed by atoms with Gasteiger partial charge in [0.2, 0.25) is 0 Å². The zero-order valence-corrected chi connectivity index (χ0v) is 16.5. The van der Waals surface area contributed by atoms with Gasteiger partial charge in [0.1, 0.15) is 4.88 Å². The van der Waals surface area contributed by atoms with Crippen LogP contribution in [0.1, 0.15) is 35.9 Å². The van der Waals surface area contributed by atoms with Gasteiger partial charge in [0.05, 0.1) is 10.0 Å². The molecule has 1 amide bonds. The normalized spacial score (nSPS) is 16.7. The molecule has 7 heteroatoms. The van der Waals surface area contributed by atoms with E-state index in [4.69, 9.17) is 34.8 Å². The Morgan fingerprint density at radius 3 is 2.67 bits per heavy atom. The Balaban J connectivity index is 1.73. The second-order valence-electron chi connectivity index (χ2n) is 6.10. The first-order valence-corrected chi connectivity index (χ1v) is 10.0. The standard InChI is InChI=1S/C17H19Cl3N2OS/c1-2-5-22-6-3-11(4-7-22)21-17(23)16-15(20)14-12(19)8-10(18)9-13(14)24-16/h8-9,11H,2-7H2,1H3,(H,21,23). The third kappa shape index (κ3) is 3.83. The lowest BCUT2D eigenvalue weighted by molar-refractivity contribution is 0.0915. The van der Waals surface area contributed by atoms with Crippen molar-refractivity contribution in [3.05, 3.63) is 32.1 Å². The monoisotopic (exact) mass is 404 g/mol. The molecule has 1 aliphatic heterocycles. The van der Waals surface area contributed by atoms with Crippen LogP contribution in [0.25, 0.3) is 10.1 Å². The average molecular weight is 406 g/mol. The number of amides is 1. The van der Waals surface area contributed by atoms with Crippen LogP contribution in [0.5, 0.6) is 0 Å². The van der Waals surface area contributed by atoms with Crippen LogP contribution in [0.3, 0.4) is 0 Å². The highest BCUT2D eigenvalue weighted by molar-refractivity contribution is 7.21.